The zero-order valence-electron chi connectivity index (χ0n) is 25.5. The molecule has 0 saturated carbocycles. The van der Waals surface area contributed by atoms with E-state index in [1.54, 1.807) is 0 Å². The molecule has 1 amide bonds. The van der Waals surface area contributed by atoms with Crippen LogP contribution in [0, 0.1) is 12.3 Å². The summed E-state index contributed by atoms with van der Waals surface area (Å²) in [4.78, 5) is 13.8. The van der Waals surface area contributed by atoms with Crippen molar-refractivity contribution >= 4 is 45.1 Å². The third kappa shape index (κ3) is 10.1. The van der Waals surface area contributed by atoms with Crippen LogP contribution in [0.4, 0.5) is 11.4 Å². The molecule has 0 aliphatic rings. The van der Waals surface area contributed by atoms with Crippen LogP contribution in [0.1, 0.15) is 48.9 Å². The van der Waals surface area contributed by atoms with Crippen molar-refractivity contribution in [2.45, 2.75) is 40.0 Å². The SMILES string of the molecule is Cc1cc(Cl)ccc1-c1ccc(NC(=O)C(Cc2ccc(NCCS(=O)(=O)O)cc2)c2ccc(C=CC(C)(C)C)cc2)cc1. The van der Waals surface area contributed by atoms with Gasteiger partial charge in [-0.25, -0.2) is 0 Å². The lowest BCUT2D eigenvalue weighted by Gasteiger charge is -2.19. The number of carbonyl (C=O) groups is 1. The molecule has 0 saturated heterocycles. The molecular weight excluding hydrogens is 592 g/mol. The summed E-state index contributed by atoms with van der Waals surface area (Å²) in [5.41, 5.74) is 7.62. The number of aryl methyl sites for hydroxylation is 1. The van der Waals surface area contributed by atoms with Gasteiger partial charge in [0, 0.05) is 22.9 Å². The quantitative estimate of drug-likeness (QED) is 0.144. The van der Waals surface area contributed by atoms with Crippen molar-refractivity contribution in [2.75, 3.05) is 22.9 Å². The average Bonchev–Trinajstić information content (AvgIpc) is 2.95. The molecule has 230 valence electrons. The molecule has 1 unspecified atom stereocenters. The minimum Gasteiger partial charge on any atom is -0.384 e. The molecule has 0 radical (unpaired) electrons. The van der Waals surface area contributed by atoms with Crippen LogP contribution in [0.25, 0.3) is 17.2 Å². The molecule has 0 spiro atoms. The second kappa shape index (κ2) is 14.2. The zero-order chi connectivity index (χ0) is 31.9. The summed E-state index contributed by atoms with van der Waals surface area (Å²) in [6, 6.07) is 29.2. The second-order valence-corrected chi connectivity index (χ2v) is 14.1. The number of allylic oxidation sites excluding steroid dienone is 1. The highest BCUT2D eigenvalue weighted by Crippen LogP contribution is 2.29. The largest absolute Gasteiger partial charge is 0.384 e. The number of benzene rings is 4. The maximum atomic E-state index is 13.8. The fourth-order valence-electron chi connectivity index (χ4n) is 4.78. The van der Waals surface area contributed by atoms with Crippen LogP contribution >= 0.6 is 11.6 Å². The van der Waals surface area contributed by atoms with E-state index in [1.807, 2.05) is 97.9 Å². The van der Waals surface area contributed by atoms with E-state index in [1.165, 1.54) is 0 Å². The Kier molecular flexibility index (Phi) is 10.7. The summed E-state index contributed by atoms with van der Waals surface area (Å²) >= 11 is 6.13. The number of nitrogens with one attached hydrogen (secondary N) is 2. The topological polar surface area (TPSA) is 95.5 Å². The van der Waals surface area contributed by atoms with E-state index in [0.29, 0.717) is 17.1 Å². The maximum absolute atomic E-state index is 13.8. The van der Waals surface area contributed by atoms with Gasteiger partial charge in [0.2, 0.25) is 5.91 Å². The van der Waals surface area contributed by atoms with Gasteiger partial charge in [0.25, 0.3) is 10.1 Å². The average molecular weight is 631 g/mol. The molecule has 4 aromatic carbocycles. The fraction of sp³-hybridized carbons (Fsp3) is 0.250. The number of hydrogen-bond acceptors (Lipinski definition) is 4. The number of halogens is 1. The van der Waals surface area contributed by atoms with E-state index in [9.17, 15) is 13.2 Å². The van der Waals surface area contributed by atoms with Gasteiger partial charge in [-0.2, -0.15) is 8.42 Å². The van der Waals surface area contributed by atoms with E-state index in [4.69, 9.17) is 16.2 Å². The van der Waals surface area contributed by atoms with E-state index in [0.717, 1.165) is 39.1 Å². The van der Waals surface area contributed by atoms with E-state index in [-0.39, 0.29) is 23.6 Å². The van der Waals surface area contributed by atoms with Crippen LogP contribution in [-0.4, -0.2) is 31.2 Å². The van der Waals surface area contributed by atoms with Gasteiger partial charge in [-0.05, 0) is 88.5 Å². The Bertz CT molecular complexity index is 1710. The zero-order valence-corrected chi connectivity index (χ0v) is 27.0. The molecule has 8 heteroatoms. The number of hydrogen-bond donors (Lipinski definition) is 3. The van der Waals surface area contributed by atoms with Crippen LogP contribution in [0.15, 0.2) is 97.1 Å². The highest BCUT2D eigenvalue weighted by atomic mass is 35.5. The second-order valence-electron chi connectivity index (χ2n) is 12.1. The Balaban J connectivity index is 1.53. The minimum absolute atomic E-state index is 0.0657. The minimum atomic E-state index is -4.03. The molecule has 3 N–H and O–H groups in total. The summed E-state index contributed by atoms with van der Waals surface area (Å²) in [5.74, 6) is -0.945. The van der Waals surface area contributed by atoms with Gasteiger partial charge >= 0.3 is 0 Å². The van der Waals surface area contributed by atoms with Crippen LogP contribution in [0.3, 0.4) is 0 Å². The first kappa shape index (κ1) is 33.0. The van der Waals surface area contributed by atoms with E-state index < -0.39 is 16.0 Å². The predicted molar refractivity (Wildman–Crippen MR) is 183 cm³/mol. The fourth-order valence-corrected chi connectivity index (χ4v) is 5.37. The van der Waals surface area contributed by atoms with Crippen LogP contribution < -0.4 is 10.6 Å². The smallest absolute Gasteiger partial charge is 0.266 e. The first-order chi connectivity index (χ1) is 20.8. The molecule has 0 fully saturated rings. The predicted octanol–water partition coefficient (Wildman–Crippen LogP) is 8.64. The molecule has 0 aromatic heterocycles. The van der Waals surface area contributed by atoms with Gasteiger partial charge in [-0.3, -0.25) is 9.35 Å². The molecule has 0 bridgehead atoms. The lowest BCUT2D eigenvalue weighted by Crippen LogP contribution is -2.23. The van der Waals surface area contributed by atoms with Crippen LogP contribution in [0.5, 0.6) is 0 Å². The summed E-state index contributed by atoms with van der Waals surface area (Å²) in [5, 5.41) is 6.79. The first-order valence-corrected chi connectivity index (χ1v) is 16.5. The highest BCUT2D eigenvalue weighted by molar-refractivity contribution is 7.85. The van der Waals surface area contributed by atoms with Gasteiger partial charge in [-0.1, -0.05) is 99.1 Å². The Labute approximate surface area is 265 Å². The molecule has 0 aliphatic heterocycles. The number of carbonyl (C=O) groups excluding carboxylic acids is 1. The monoisotopic (exact) mass is 630 g/mol. The molecule has 4 rings (SSSR count). The maximum Gasteiger partial charge on any atom is 0.266 e. The summed E-state index contributed by atoms with van der Waals surface area (Å²) in [7, 11) is -4.03. The molecule has 1 atom stereocenters. The Morgan fingerprint density at radius 1 is 0.909 bits per heavy atom. The molecule has 44 heavy (non-hydrogen) atoms. The van der Waals surface area contributed by atoms with Gasteiger partial charge in [0.05, 0.1) is 11.7 Å². The molecule has 0 heterocycles. The summed E-state index contributed by atoms with van der Waals surface area (Å²) in [6.07, 6.45) is 4.72. The third-order valence-electron chi connectivity index (χ3n) is 7.17. The van der Waals surface area contributed by atoms with Crippen molar-refractivity contribution in [1.82, 2.24) is 0 Å². The van der Waals surface area contributed by atoms with Crippen molar-refractivity contribution in [1.29, 1.82) is 0 Å². The van der Waals surface area contributed by atoms with Gasteiger partial charge in [-0.15, -0.1) is 0 Å². The van der Waals surface area contributed by atoms with Gasteiger partial charge in [0.15, 0.2) is 0 Å². The summed E-state index contributed by atoms with van der Waals surface area (Å²) < 4.78 is 31.0. The first-order valence-electron chi connectivity index (χ1n) is 14.5. The lowest BCUT2D eigenvalue weighted by atomic mass is 9.90. The Hall–Kier alpha value is -3.91. The van der Waals surface area contributed by atoms with Crippen molar-refractivity contribution in [3.63, 3.8) is 0 Å². The summed E-state index contributed by atoms with van der Waals surface area (Å²) in [6.45, 7) is 8.56. The van der Waals surface area contributed by atoms with Crippen LogP contribution in [-0.2, 0) is 21.3 Å². The van der Waals surface area contributed by atoms with Crippen molar-refractivity contribution in [3.8, 4) is 11.1 Å². The number of rotatable bonds is 11. The third-order valence-corrected chi connectivity index (χ3v) is 8.12. The normalized spacial score (nSPS) is 12.7. The van der Waals surface area contributed by atoms with Gasteiger partial charge in [0.1, 0.15) is 0 Å². The van der Waals surface area contributed by atoms with Crippen molar-refractivity contribution in [2.24, 2.45) is 5.41 Å². The lowest BCUT2D eigenvalue weighted by molar-refractivity contribution is -0.117. The molecule has 6 nitrogen and oxygen atoms in total. The Morgan fingerprint density at radius 2 is 1.55 bits per heavy atom. The van der Waals surface area contributed by atoms with Gasteiger partial charge < -0.3 is 10.6 Å². The highest BCUT2D eigenvalue weighted by Gasteiger charge is 2.22. The Morgan fingerprint density at radius 3 is 2.14 bits per heavy atom. The van der Waals surface area contributed by atoms with Crippen molar-refractivity contribution in [3.05, 3.63) is 124 Å². The number of amides is 1. The standard InChI is InChI=1S/C36H39ClN2O4S/c1-25-23-30(37)13-18-33(25)28-11-16-32(17-12-28)39-35(40)34(29-9-5-26(6-10-29)19-20-36(2,3)4)24-27-7-14-31(15-8-27)38-21-22-44(41,42)43/h5-20,23,34,38H,21-22,24H2,1-4H3,(H,39,40)(H,41,42,43). The molecular formula is C36H39ClN2O4S. The van der Waals surface area contributed by atoms with E-state index >= 15 is 0 Å². The van der Waals surface area contributed by atoms with Crippen molar-refractivity contribution < 1.29 is 17.8 Å². The number of anilines is 2. The molecule has 4 aromatic rings. The van der Waals surface area contributed by atoms with Crippen LogP contribution in [0.2, 0.25) is 5.02 Å². The molecule has 0 aliphatic carbocycles. The van der Waals surface area contributed by atoms with E-state index in [2.05, 4.69) is 43.6 Å².